The van der Waals surface area contributed by atoms with E-state index in [9.17, 15) is 0 Å². The summed E-state index contributed by atoms with van der Waals surface area (Å²) in [5.74, 6) is 0. The minimum Gasteiger partial charge on any atom is -1.00 e. The average molecular weight is 130 g/mol. The third-order valence-electron chi connectivity index (χ3n) is 0. The van der Waals surface area contributed by atoms with Crippen LogP contribution in [0.1, 0.15) is 6.92 Å². The van der Waals surface area contributed by atoms with Crippen LogP contribution in [0.5, 0.6) is 0 Å². The average Bonchev–Trinajstić information content (AvgIpc) is 0.918. The van der Waals surface area contributed by atoms with Crippen LogP contribution in [0.25, 0.3) is 0 Å². The first-order valence-electron chi connectivity index (χ1n) is 0.986. The zero-order valence-corrected chi connectivity index (χ0v) is 6.79. The minimum absolute atomic E-state index is 0. The second kappa shape index (κ2) is 28.9. The van der Waals surface area contributed by atoms with Gasteiger partial charge in [-0.1, -0.05) is 6.08 Å². The molecule has 0 N–H and O–H groups in total. The third-order valence-corrected chi connectivity index (χ3v) is 0. The molecule has 3 heteroatoms. The van der Waals surface area contributed by atoms with Gasteiger partial charge < -0.3 is 4.70 Å². The fraction of sp³-hybridized carbons (Fsp3) is 0.333. The summed E-state index contributed by atoms with van der Waals surface area (Å²) in [5, 5.41) is 0. The van der Waals surface area contributed by atoms with E-state index in [-0.39, 0.29) is 73.4 Å². The molecule has 0 aliphatic heterocycles. The van der Waals surface area contributed by atoms with Gasteiger partial charge in [-0.05, 0) is 6.92 Å². The number of allylic oxidation sites excluding steroid dienone is 1. The van der Waals surface area contributed by atoms with Gasteiger partial charge in [0, 0.05) is 0 Å². The van der Waals surface area contributed by atoms with Gasteiger partial charge in [0.25, 0.3) is 0 Å². The molecule has 0 spiro atoms. The van der Waals surface area contributed by atoms with Gasteiger partial charge in [0.1, 0.15) is 0 Å². The summed E-state index contributed by atoms with van der Waals surface area (Å²) >= 11 is 0. The van der Waals surface area contributed by atoms with Crippen molar-refractivity contribution in [3.05, 3.63) is 12.7 Å². The Bertz CT molecular complexity index is 18.3. The molecule has 6 heavy (non-hydrogen) atoms. The molecule has 32 valence electrons. The Labute approximate surface area is 91.3 Å². The summed E-state index contributed by atoms with van der Waals surface area (Å²) < 4.78 is 0. The zero-order valence-electron chi connectivity index (χ0n) is 3.66. The quantitative estimate of drug-likeness (QED) is 0.226. The minimum atomic E-state index is 0. The monoisotopic (exact) mass is 130 g/mol. The smallest absolute Gasteiger partial charge is 1.00 e. The molecule has 0 saturated carbocycles. The van der Waals surface area contributed by atoms with Crippen molar-refractivity contribution >= 4 is 17.4 Å². The van der Waals surface area contributed by atoms with E-state index < -0.39 is 0 Å². The van der Waals surface area contributed by atoms with Crippen LogP contribution >= 0.6 is 0 Å². The van der Waals surface area contributed by atoms with Crippen LogP contribution in [0.2, 0.25) is 0 Å². The van der Waals surface area contributed by atoms with Crippen molar-refractivity contribution in [2.45, 2.75) is 6.92 Å². The molecule has 0 bridgehead atoms. The van der Waals surface area contributed by atoms with Gasteiger partial charge in [-0.25, -0.2) is 0 Å². The maximum atomic E-state index is 3.36. The van der Waals surface area contributed by atoms with Crippen molar-refractivity contribution in [2.75, 3.05) is 0 Å². The maximum Gasteiger partial charge on any atom is 1.00 e. The van der Waals surface area contributed by atoms with E-state index in [2.05, 4.69) is 6.58 Å². The van der Waals surface area contributed by atoms with E-state index in [1.807, 2.05) is 6.92 Å². The first-order chi connectivity index (χ1) is 1.41. The molecule has 0 nitrogen and oxygen atoms in total. The van der Waals surface area contributed by atoms with Gasteiger partial charge in [-0.15, -0.1) is 6.58 Å². The first kappa shape index (κ1) is 24.9. The van der Waals surface area contributed by atoms with E-state index >= 15 is 0 Å². The van der Waals surface area contributed by atoms with Crippen molar-refractivity contribution < 1.29 is 56.1 Å². The summed E-state index contributed by atoms with van der Waals surface area (Å²) in [6.07, 6.45) is 1.75. The summed E-state index contributed by atoms with van der Waals surface area (Å²) in [6.45, 7) is 5.25. The standard InChI is InChI=1S/C3H6.Al.FH.K.3H/c1-3-2;;;;;;/h3H,1H2,2H3;;1H;;;;/q;;;+1;;;/p-1. The number of halogens is 1. The van der Waals surface area contributed by atoms with Crippen LogP contribution in [0.3, 0.4) is 0 Å². The van der Waals surface area contributed by atoms with Gasteiger partial charge in [-0.2, -0.15) is 0 Å². The van der Waals surface area contributed by atoms with Crippen molar-refractivity contribution in [3.63, 3.8) is 0 Å². The molecule has 0 heterocycles. The molecule has 0 aliphatic carbocycles. The van der Waals surface area contributed by atoms with Gasteiger partial charge in [-0.3, -0.25) is 0 Å². The van der Waals surface area contributed by atoms with Crippen LogP contribution in [0.4, 0.5) is 0 Å². The van der Waals surface area contributed by atoms with Gasteiger partial charge >= 0.3 is 51.4 Å². The summed E-state index contributed by atoms with van der Waals surface area (Å²) in [4.78, 5) is 0. The molecule has 0 aliphatic rings. The summed E-state index contributed by atoms with van der Waals surface area (Å²) in [6, 6.07) is 0. The topological polar surface area (TPSA) is 0 Å². The molecule has 0 unspecified atom stereocenters. The van der Waals surface area contributed by atoms with Crippen LogP contribution in [-0.2, 0) is 0 Å². The van der Waals surface area contributed by atoms with E-state index in [0.717, 1.165) is 0 Å². The van der Waals surface area contributed by atoms with Gasteiger partial charge in [0.15, 0.2) is 17.4 Å². The van der Waals surface area contributed by atoms with E-state index in [1.54, 1.807) is 6.08 Å². The number of hydrogen-bond donors (Lipinski definition) is 0. The SMILES string of the molecule is C=CC.[AlH3].[F-].[K+]. The van der Waals surface area contributed by atoms with E-state index in [1.165, 1.54) is 0 Å². The van der Waals surface area contributed by atoms with Crippen LogP contribution in [0.15, 0.2) is 12.7 Å². The maximum absolute atomic E-state index is 3.36. The third kappa shape index (κ3) is 40.4. The van der Waals surface area contributed by atoms with Crippen molar-refractivity contribution in [2.24, 2.45) is 0 Å². The Hall–Kier alpha value is 1.84. The van der Waals surface area contributed by atoms with Crippen molar-refractivity contribution in [1.82, 2.24) is 0 Å². The molecule has 0 aromatic carbocycles. The predicted molar refractivity (Wildman–Crippen MR) is 25.8 cm³/mol. The summed E-state index contributed by atoms with van der Waals surface area (Å²) in [7, 11) is 0. The number of hydrogen-bond acceptors (Lipinski definition) is 0. The van der Waals surface area contributed by atoms with E-state index in [0.29, 0.717) is 0 Å². The summed E-state index contributed by atoms with van der Waals surface area (Å²) in [5.41, 5.74) is 0. The first-order valence-corrected chi connectivity index (χ1v) is 0.986. The van der Waals surface area contributed by atoms with Crippen LogP contribution in [0, 0.1) is 0 Å². The normalized spacial score (nSPS) is 2.17. The Morgan fingerprint density at radius 3 is 1.50 bits per heavy atom. The second-order valence-corrected chi connectivity index (χ2v) is 0.408. The molecule has 0 aromatic rings. The van der Waals surface area contributed by atoms with Crippen LogP contribution in [-0.4, -0.2) is 17.4 Å². The molecule has 0 saturated heterocycles. The second-order valence-electron chi connectivity index (χ2n) is 0.408. The van der Waals surface area contributed by atoms with Gasteiger partial charge in [0.05, 0.1) is 0 Å². The fourth-order valence-corrected chi connectivity index (χ4v) is 0. The largest absolute Gasteiger partial charge is 1.00 e. The molecule has 0 rings (SSSR count). The van der Waals surface area contributed by atoms with Crippen molar-refractivity contribution in [3.8, 4) is 0 Å². The molecule has 0 fully saturated rings. The molecule has 0 aromatic heterocycles. The Morgan fingerprint density at radius 2 is 1.50 bits per heavy atom. The molecule has 0 radical (unpaired) electrons. The fourth-order valence-electron chi connectivity index (χ4n) is 0. The van der Waals surface area contributed by atoms with Crippen LogP contribution < -0.4 is 56.1 Å². The molecular weight excluding hydrogens is 121 g/mol. The van der Waals surface area contributed by atoms with Gasteiger partial charge in [0.2, 0.25) is 0 Å². The molecule has 0 amide bonds. The number of rotatable bonds is 0. The molecular formula is C3H9AlFK. The predicted octanol–water partition coefficient (Wildman–Crippen LogP) is -5.98. The molecule has 0 atom stereocenters. The zero-order chi connectivity index (χ0) is 2.71. The Kier molecular flexibility index (Phi) is 120. The van der Waals surface area contributed by atoms with E-state index in [4.69, 9.17) is 0 Å². The Morgan fingerprint density at radius 1 is 1.50 bits per heavy atom. The Balaban J connectivity index is -0.00000000667. The van der Waals surface area contributed by atoms with Crippen molar-refractivity contribution in [1.29, 1.82) is 0 Å².